The molecular weight excluding hydrogens is 266 g/mol. The molecule has 1 saturated heterocycles. The van der Waals surface area contributed by atoms with Gasteiger partial charge >= 0.3 is 0 Å². The number of rotatable bonds is 6. The first-order chi connectivity index (χ1) is 8.84. The Morgan fingerprint density at radius 2 is 2.17 bits per heavy atom. The van der Waals surface area contributed by atoms with Gasteiger partial charge in [0.25, 0.3) is 0 Å². The summed E-state index contributed by atoms with van der Waals surface area (Å²) in [6, 6.07) is 7.56. The fraction of sp³-hybridized carbons (Fsp3) is 0.571. The maximum absolute atomic E-state index is 5.82. The van der Waals surface area contributed by atoms with Crippen molar-refractivity contribution in [1.82, 2.24) is 5.32 Å². The molecule has 0 radical (unpaired) electrons. The van der Waals surface area contributed by atoms with Crippen LogP contribution in [0.4, 0.5) is 0 Å². The van der Waals surface area contributed by atoms with E-state index in [1.807, 2.05) is 24.3 Å². The standard InChI is InChI=1S/C14H20ClNOS/c15-12-4-6-13(7-5-12)17-9-2-10-18-14-3-1-8-16-11-14/h4-7,14,16H,1-3,8-11H2. The van der Waals surface area contributed by atoms with Gasteiger partial charge in [0.15, 0.2) is 0 Å². The summed E-state index contributed by atoms with van der Waals surface area (Å²) < 4.78 is 5.66. The predicted octanol–water partition coefficient (Wildman–Crippen LogP) is 3.59. The molecule has 1 unspecified atom stereocenters. The molecule has 18 heavy (non-hydrogen) atoms. The monoisotopic (exact) mass is 285 g/mol. The summed E-state index contributed by atoms with van der Waals surface area (Å²) in [7, 11) is 0. The van der Waals surface area contributed by atoms with Gasteiger partial charge in [-0.1, -0.05) is 11.6 Å². The quantitative estimate of drug-likeness (QED) is 0.807. The van der Waals surface area contributed by atoms with Gasteiger partial charge in [-0.2, -0.15) is 11.8 Å². The fourth-order valence-corrected chi connectivity index (χ4v) is 3.30. The maximum Gasteiger partial charge on any atom is 0.119 e. The Morgan fingerprint density at radius 1 is 1.33 bits per heavy atom. The second-order valence-corrected chi connectivity index (χ2v) is 6.34. The first-order valence-electron chi connectivity index (χ1n) is 6.55. The largest absolute Gasteiger partial charge is 0.494 e. The highest BCUT2D eigenvalue weighted by Crippen LogP contribution is 2.20. The number of hydrogen-bond donors (Lipinski definition) is 1. The molecule has 1 aliphatic rings. The highest BCUT2D eigenvalue weighted by molar-refractivity contribution is 7.99. The fourth-order valence-electron chi connectivity index (χ4n) is 1.99. The van der Waals surface area contributed by atoms with Crippen molar-refractivity contribution < 1.29 is 4.74 Å². The average molecular weight is 286 g/mol. The van der Waals surface area contributed by atoms with E-state index in [0.29, 0.717) is 0 Å². The van der Waals surface area contributed by atoms with E-state index in [4.69, 9.17) is 16.3 Å². The first-order valence-corrected chi connectivity index (χ1v) is 7.98. The lowest BCUT2D eigenvalue weighted by Gasteiger charge is -2.22. The van der Waals surface area contributed by atoms with Crippen LogP contribution in [0.15, 0.2) is 24.3 Å². The molecule has 4 heteroatoms. The summed E-state index contributed by atoms with van der Waals surface area (Å²) in [4.78, 5) is 0. The van der Waals surface area contributed by atoms with E-state index in [2.05, 4.69) is 17.1 Å². The van der Waals surface area contributed by atoms with Gasteiger partial charge in [-0.15, -0.1) is 0 Å². The van der Waals surface area contributed by atoms with Crippen molar-refractivity contribution in [3.05, 3.63) is 29.3 Å². The Balaban J connectivity index is 1.54. The minimum Gasteiger partial charge on any atom is -0.494 e. The summed E-state index contributed by atoms with van der Waals surface area (Å²) in [6.45, 7) is 3.15. The van der Waals surface area contributed by atoms with E-state index in [-0.39, 0.29) is 0 Å². The zero-order valence-electron chi connectivity index (χ0n) is 10.5. The van der Waals surface area contributed by atoms with Crippen molar-refractivity contribution in [2.45, 2.75) is 24.5 Å². The van der Waals surface area contributed by atoms with Gasteiger partial charge in [0.1, 0.15) is 5.75 Å². The van der Waals surface area contributed by atoms with E-state index in [9.17, 15) is 0 Å². The van der Waals surface area contributed by atoms with Crippen LogP contribution in [0.5, 0.6) is 5.75 Å². The van der Waals surface area contributed by atoms with Crippen LogP contribution in [0.25, 0.3) is 0 Å². The van der Waals surface area contributed by atoms with Crippen molar-refractivity contribution >= 4 is 23.4 Å². The highest BCUT2D eigenvalue weighted by Gasteiger charge is 2.12. The SMILES string of the molecule is Clc1ccc(OCCCSC2CCCNC2)cc1. The molecule has 0 amide bonds. The third kappa shape index (κ3) is 5.09. The number of thioether (sulfide) groups is 1. The number of nitrogens with one attached hydrogen (secondary N) is 1. The lowest BCUT2D eigenvalue weighted by molar-refractivity contribution is 0.318. The first kappa shape index (κ1) is 14.0. The van der Waals surface area contributed by atoms with Crippen LogP contribution in [0, 0.1) is 0 Å². The molecule has 1 fully saturated rings. The molecule has 1 aromatic carbocycles. The van der Waals surface area contributed by atoms with Crippen molar-refractivity contribution in [1.29, 1.82) is 0 Å². The Kier molecular flexibility index (Phi) is 6.18. The van der Waals surface area contributed by atoms with Crippen LogP contribution in [-0.4, -0.2) is 30.7 Å². The molecule has 1 aromatic rings. The molecule has 2 nitrogen and oxygen atoms in total. The van der Waals surface area contributed by atoms with E-state index >= 15 is 0 Å². The van der Waals surface area contributed by atoms with E-state index < -0.39 is 0 Å². The number of halogens is 1. The Hall–Kier alpha value is -0.380. The molecule has 0 aliphatic carbocycles. The highest BCUT2D eigenvalue weighted by atomic mass is 35.5. The Morgan fingerprint density at radius 3 is 2.89 bits per heavy atom. The molecule has 2 rings (SSSR count). The molecule has 0 saturated carbocycles. The minimum atomic E-state index is 0.753. The van der Waals surface area contributed by atoms with Crippen molar-refractivity contribution in [2.75, 3.05) is 25.4 Å². The zero-order valence-corrected chi connectivity index (χ0v) is 12.1. The molecular formula is C14H20ClNOS. The number of hydrogen-bond acceptors (Lipinski definition) is 3. The van der Waals surface area contributed by atoms with Crippen LogP contribution in [0.1, 0.15) is 19.3 Å². The summed E-state index contributed by atoms with van der Waals surface area (Å²) in [5.41, 5.74) is 0. The summed E-state index contributed by atoms with van der Waals surface area (Å²) in [5, 5.41) is 5.00. The molecule has 100 valence electrons. The van der Waals surface area contributed by atoms with Crippen LogP contribution in [-0.2, 0) is 0 Å². The van der Waals surface area contributed by atoms with Gasteiger partial charge in [0, 0.05) is 16.8 Å². The summed E-state index contributed by atoms with van der Waals surface area (Å²) in [5.74, 6) is 2.09. The normalized spacial score (nSPS) is 19.7. The lowest BCUT2D eigenvalue weighted by Crippen LogP contribution is -2.31. The third-order valence-corrected chi connectivity index (χ3v) is 4.63. The maximum atomic E-state index is 5.82. The van der Waals surface area contributed by atoms with Gasteiger partial charge in [-0.05, 0) is 55.8 Å². The lowest BCUT2D eigenvalue weighted by atomic mass is 10.2. The minimum absolute atomic E-state index is 0.753. The van der Waals surface area contributed by atoms with E-state index in [0.717, 1.165) is 29.0 Å². The topological polar surface area (TPSA) is 21.3 Å². The molecule has 0 aromatic heterocycles. The van der Waals surface area contributed by atoms with Gasteiger partial charge in [-0.3, -0.25) is 0 Å². The molecule has 1 atom stereocenters. The molecule has 0 bridgehead atoms. The Labute approximate surface area is 118 Å². The third-order valence-electron chi connectivity index (χ3n) is 2.98. The van der Waals surface area contributed by atoms with Crippen LogP contribution < -0.4 is 10.1 Å². The number of ether oxygens (including phenoxy) is 1. The smallest absolute Gasteiger partial charge is 0.119 e. The molecule has 0 spiro atoms. The Bertz CT molecular complexity index is 338. The van der Waals surface area contributed by atoms with Crippen molar-refractivity contribution in [2.24, 2.45) is 0 Å². The van der Waals surface area contributed by atoms with Gasteiger partial charge in [-0.25, -0.2) is 0 Å². The number of benzene rings is 1. The van der Waals surface area contributed by atoms with Crippen LogP contribution in [0.3, 0.4) is 0 Å². The molecule has 1 N–H and O–H groups in total. The van der Waals surface area contributed by atoms with Gasteiger partial charge in [0.05, 0.1) is 6.61 Å². The van der Waals surface area contributed by atoms with Crippen LogP contribution in [0.2, 0.25) is 5.02 Å². The second kappa shape index (κ2) is 7.93. The molecule has 1 aliphatic heterocycles. The predicted molar refractivity (Wildman–Crippen MR) is 79.9 cm³/mol. The summed E-state index contributed by atoms with van der Waals surface area (Å²) in [6.07, 6.45) is 3.78. The number of piperidine rings is 1. The second-order valence-electron chi connectivity index (χ2n) is 4.50. The van der Waals surface area contributed by atoms with E-state index in [1.165, 1.54) is 31.7 Å². The van der Waals surface area contributed by atoms with E-state index in [1.54, 1.807) is 0 Å². The van der Waals surface area contributed by atoms with Gasteiger partial charge in [0.2, 0.25) is 0 Å². The van der Waals surface area contributed by atoms with Crippen molar-refractivity contribution in [3.8, 4) is 5.75 Å². The van der Waals surface area contributed by atoms with Gasteiger partial charge < -0.3 is 10.1 Å². The average Bonchev–Trinajstić information content (AvgIpc) is 2.42. The zero-order chi connectivity index (χ0) is 12.6. The van der Waals surface area contributed by atoms with Crippen LogP contribution >= 0.6 is 23.4 Å². The summed E-state index contributed by atoms with van der Waals surface area (Å²) >= 11 is 7.89. The van der Waals surface area contributed by atoms with Crippen molar-refractivity contribution in [3.63, 3.8) is 0 Å². The molecule has 1 heterocycles.